The predicted molar refractivity (Wildman–Crippen MR) is 111 cm³/mol. The summed E-state index contributed by atoms with van der Waals surface area (Å²) >= 11 is 3.11. The first-order chi connectivity index (χ1) is 13.5. The molecule has 1 aliphatic carbocycles. The maximum atomic E-state index is 12.4. The van der Waals surface area contributed by atoms with E-state index in [1.165, 1.54) is 41.1 Å². The summed E-state index contributed by atoms with van der Waals surface area (Å²) in [6.07, 6.45) is 6.06. The maximum absolute atomic E-state index is 12.4. The summed E-state index contributed by atoms with van der Waals surface area (Å²) in [5, 5.41) is 15.7. The van der Waals surface area contributed by atoms with E-state index in [4.69, 9.17) is 0 Å². The molecule has 0 atom stereocenters. The maximum Gasteiger partial charge on any atom is 0.274 e. The number of anilines is 1. The number of nitrogens with zero attached hydrogens (tertiary/aromatic N) is 3. The van der Waals surface area contributed by atoms with Gasteiger partial charge in [0.2, 0.25) is 5.91 Å². The number of hydrogen-bond acceptors (Lipinski definition) is 7. The Morgan fingerprint density at radius 2 is 2.14 bits per heavy atom. The van der Waals surface area contributed by atoms with Crippen molar-refractivity contribution >= 4 is 50.6 Å². The van der Waals surface area contributed by atoms with Gasteiger partial charge in [0.25, 0.3) is 5.69 Å². The monoisotopic (exact) mass is 414 g/mol. The van der Waals surface area contributed by atoms with E-state index in [-0.39, 0.29) is 17.3 Å². The van der Waals surface area contributed by atoms with E-state index >= 15 is 0 Å². The fraction of sp³-hybridized carbons (Fsp3) is 0.316. The number of nitro groups is 1. The predicted octanol–water partition coefficient (Wildman–Crippen LogP) is 4.52. The lowest BCUT2D eigenvalue weighted by Crippen LogP contribution is -2.14. The number of thioether (sulfide) groups is 1. The Balaban J connectivity index is 1.49. The van der Waals surface area contributed by atoms with Crippen LogP contribution >= 0.6 is 23.1 Å². The highest BCUT2D eigenvalue weighted by molar-refractivity contribution is 8.00. The van der Waals surface area contributed by atoms with Crippen LogP contribution in [0.1, 0.15) is 28.8 Å². The van der Waals surface area contributed by atoms with Crippen molar-refractivity contribution in [3.8, 4) is 0 Å². The molecule has 28 heavy (non-hydrogen) atoms. The molecule has 1 aliphatic rings. The van der Waals surface area contributed by atoms with Crippen LogP contribution < -0.4 is 5.32 Å². The molecule has 144 valence electrons. The Hall–Kier alpha value is -2.52. The Labute approximate surface area is 169 Å². The summed E-state index contributed by atoms with van der Waals surface area (Å²) in [5.74, 6) is -0.0442. The largest absolute Gasteiger partial charge is 0.325 e. The molecule has 0 aliphatic heterocycles. The summed E-state index contributed by atoms with van der Waals surface area (Å²) in [7, 11) is 0. The lowest BCUT2D eigenvalue weighted by Gasteiger charge is -2.11. The molecule has 0 saturated heterocycles. The molecular weight excluding hydrogens is 396 g/mol. The number of benzene rings is 1. The second kappa shape index (κ2) is 7.84. The third-order valence-corrected chi connectivity index (χ3v) is 6.94. The molecule has 1 amide bonds. The van der Waals surface area contributed by atoms with Crippen molar-refractivity contribution in [3.63, 3.8) is 0 Å². The Morgan fingerprint density at radius 1 is 1.32 bits per heavy atom. The zero-order chi connectivity index (χ0) is 19.7. The first-order valence-electron chi connectivity index (χ1n) is 8.96. The molecule has 2 aromatic heterocycles. The number of amides is 1. The van der Waals surface area contributed by atoms with Gasteiger partial charge in [-0.2, -0.15) is 0 Å². The second-order valence-electron chi connectivity index (χ2n) is 6.67. The zero-order valence-electron chi connectivity index (χ0n) is 15.2. The highest BCUT2D eigenvalue weighted by Gasteiger charge is 2.20. The number of fused-ring (bicyclic) bond motifs is 3. The van der Waals surface area contributed by atoms with Crippen LogP contribution in [0.5, 0.6) is 0 Å². The van der Waals surface area contributed by atoms with Crippen LogP contribution in [0.4, 0.5) is 11.4 Å². The molecule has 1 N–H and O–H groups in total. The number of rotatable bonds is 5. The van der Waals surface area contributed by atoms with Gasteiger partial charge in [0.05, 0.1) is 10.7 Å². The van der Waals surface area contributed by atoms with Crippen molar-refractivity contribution in [2.24, 2.45) is 0 Å². The van der Waals surface area contributed by atoms with Crippen molar-refractivity contribution in [1.29, 1.82) is 0 Å². The van der Waals surface area contributed by atoms with Crippen molar-refractivity contribution in [2.45, 2.75) is 37.6 Å². The van der Waals surface area contributed by atoms with Gasteiger partial charge in [-0.1, -0.05) is 17.8 Å². The van der Waals surface area contributed by atoms with Gasteiger partial charge in [-0.15, -0.1) is 11.3 Å². The van der Waals surface area contributed by atoms with E-state index in [9.17, 15) is 14.9 Å². The first-order valence-corrected chi connectivity index (χ1v) is 10.8. The number of nitro benzene ring substituents is 1. The standard InChI is InChI=1S/C19H18N4O3S2/c1-11-6-7-12(8-14(11)23(25)26)22-16(24)9-27-18-17-13-4-2-3-5-15(13)28-19(17)21-10-20-18/h6-8,10H,2-5,9H2,1H3,(H,22,24). The van der Waals surface area contributed by atoms with Crippen LogP contribution in [0.15, 0.2) is 29.6 Å². The van der Waals surface area contributed by atoms with Crippen LogP contribution in [0, 0.1) is 17.0 Å². The number of thiophene rings is 1. The average Bonchev–Trinajstić information content (AvgIpc) is 3.07. The van der Waals surface area contributed by atoms with Gasteiger partial charge in [0.15, 0.2) is 0 Å². The number of aromatic nitrogens is 2. The third-order valence-electron chi connectivity index (χ3n) is 4.75. The smallest absolute Gasteiger partial charge is 0.274 e. The number of carbonyl (C=O) groups is 1. The summed E-state index contributed by atoms with van der Waals surface area (Å²) in [5.41, 5.74) is 2.31. The molecule has 0 saturated carbocycles. The molecule has 7 nitrogen and oxygen atoms in total. The Kier molecular flexibility index (Phi) is 5.27. The molecular formula is C19H18N4O3S2. The zero-order valence-corrected chi connectivity index (χ0v) is 16.9. The van der Waals surface area contributed by atoms with Crippen molar-refractivity contribution in [1.82, 2.24) is 9.97 Å². The average molecular weight is 415 g/mol. The molecule has 0 bridgehead atoms. The van der Waals surface area contributed by atoms with Crippen molar-refractivity contribution in [2.75, 3.05) is 11.1 Å². The van der Waals surface area contributed by atoms with E-state index < -0.39 is 4.92 Å². The third kappa shape index (κ3) is 3.72. The molecule has 1 aromatic carbocycles. The van der Waals surface area contributed by atoms with Crippen molar-refractivity contribution < 1.29 is 9.72 Å². The van der Waals surface area contributed by atoms with Crippen molar-refractivity contribution in [3.05, 3.63) is 50.6 Å². The minimum Gasteiger partial charge on any atom is -0.325 e. The molecule has 0 fully saturated rings. The van der Waals surface area contributed by atoms with Gasteiger partial charge in [-0.05, 0) is 44.2 Å². The Morgan fingerprint density at radius 3 is 2.96 bits per heavy atom. The van der Waals surface area contributed by atoms with Gasteiger partial charge >= 0.3 is 0 Å². The summed E-state index contributed by atoms with van der Waals surface area (Å²) < 4.78 is 0. The second-order valence-corrected chi connectivity index (χ2v) is 8.71. The van der Waals surface area contributed by atoms with E-state index in [0.717, 1.165) is 28.1 Å². The van der Waals surface area contributed by atoms with Gasteiger partial charge in [-0.3, -0.25) is 14.9 Å². The number of carbonyl (C=O) groups excluding carboxylic acids is 1. The van der Waals surface area contributed by atoms with E-state index in [1.807, 2.05) is 0 Å². The van der Waals surface area contributed by atoms with Crippen LogP contribution in [-0.2, 0) is 17.6 Å². The quantitative estimate of drug-likeness (QED) is 0.285. The SMILES string of the molecule is Cc1ccc(NC(=O)CSc2ncnc3sc4c(c23)CCCC4)cc1[N+](=O)[O-]. The van der Waals surface area contributed by atoms with Gasteiger partial charge in [-0.25, -0.2) is 9.97 Å². The molecule has 2 heterocycles. The highest BCUT2D eigenvalue weighted by Crippen LogP contribution is 2.39. The van der Waals surface area contributed by atoms with Gasteiger partial charge in [0.1, 0.15) is 16.2 Å². The highest BCUT2D eigenvalue weighted by atomic mass is 32.2. The minimum atomic E-state index is -0.447. The van der Waals surface area contributed by atoms with E-state index in [0.29, 0.717) is 11.3 Å². The van der Waals surface area contributed by atoms with Crippen LogP contribution in [0.25, 0.3) is 10.2 Å². The fourth-order valence-corrected chi connectivity index (χ4v) is 5.50. The summed E-state index contributed by atoms with van der Waals surface area (Å²) in [4.78, 5) is 34.2. The lowest BCUT2D eigenvalue weighted by molar-refractivity contribution is -0.385. The van der Waals surface area contributed by atoms with Crippen LogP contribution in [0.2, 0.25) is 0 Å². The molecule has 0 unspecified atom stereocenters. The lowest BCUT2D eigenvalue weighted by atomic mass is 9.97. The number of aryl methyl sites for hydroxylation is 3. The number of hydrogen-bond donors (Lipinski definition) is 1. The van der Waals surface area contributed by atoms with Crippen LogP contribution in [-0.4, -0.2) is 26.6 Å². The normalized spacial score (nSPS) is 13.3. The first kappa shape index (κ1) is 18.8. The van der Waals surface area contributed by atoms with Gasteiger partial charge in [0, 0.05) is 27.6 Å². The fourth-order valence-electron chi connectivity index (χ4n) is 3.39. The van der Waals surface area contributed by atoms with Gasteiger partial charge < -0.3 is 5.32 Å². The van der Waals surface area contributed by atoms with E-state index in [2.05, 4.69) is 15.3 Å². The van der Waals surface area contributed by atoms with Crippen LogP contribution in [0.3, 0.4) is 0 Å². The summed E-state index contributed by atoms with van der Waals surface area (Å²) in [6.45, 7) is 1.67. The molecule has 4 rings (SSSR count). The molecule has 3 aromatic rings. The minimum absolute atomic E-state index is 0.00661. The van der Waals surface area contributed by atoms with E-state index in [1.54, 1.807) is 36.7 Å². The molecule has 0 spiro atoms. The summed E-state index contributed by atoms with van der Waals surface area (Å²) in [6, 6.07) is 4.69. The topological polar surface area (TPSA) is 98.0 Å². The number of nitrogens with one attached hydrogen (secondary N) is 1. The Bertz CT molecular complexity index is 1080. The molecule has 9 heteroatoms. The molecule has 0 radical (unpaired) electrons.